The zero-order valence-corrected chi connectivity index (χ0v) is 10.2. The maximum absolute atomic E-state index is 2.45. The summed E-state index contributed by atoms with van der Waals surface area (Å²) in [5.74, 6) is 0. The molecule has 0 spiro atoms. The predicted molar refractivity (Wildman–Crippen MR) is 75.0 cm³/mol. The highest BCUT2D eigenvalue weighted by molar-refractivity contribution is 5.93. The lowest BCUT2D eigenvalue weighted by Gasteiger charge is -2.09. The standard InChI is InChI=1S/C17H18/c1-2-4-9-14(8-3-1)17-13-7-11-15-10-5-6-12-16(15)17/h5-8,10-13H,1-4,9H2. The Bertz CT molecular complexity index is 543. The van der Waals surface area contributed by atoms with Crippen molar-refractivity contribution in [2.24, 2.45) is 0 Å². The third-order valence-electron chi connectivity index (χ3n) is 3.68. The van der Waals surface area contributed by atoms with E-state index in [1.807, 2.05) is 0 Å². The van der Waals surface area contributed by atoms with Crippen molar-refractivity contribution in [3.05, 3.63) is 54.1 Å². The number of hydrogen-bond donors (Lipinski definition) is 0. The van der Waals surface area contributed by atoms with Crippen LogP contribution in [0.2, 0.25) is 0 Å². The molecule has 86 valence electrons. The van der Waals surface area contributed by atoms with E-state index in [0.29, 0.717) is 0 Å². The lowest BCUT2D eigenvalue weighted by molar-refractivity contribution is 0.720. The van der Waals surface area contributed by atoms with Crippen molar-refractivity contribution in [2.45, 2.75) is 32.1 Å². The summed E-state index contributed by atoms with van der Waals surface area (Å²) in [6.45, 7) is 0. The summed E-state index contributed by atoms with van der Waals surface area (Å²) in [4.78, 5) is 0. The van der Waals surface area contributed by atoms with Gasteiger partial charge in [-0.05, 0) is 47.6 Å². The van der Waals surface area contributed by atoms with Crippen LogP contribution in [-0.2, 0) is 0 Å². The molecule has 17 heavy (non-hydrogen) atoms. The molecular weight excluding hydrogens is 204 g/mol. The van der Waals surface area contributed by atoms with Crippen molar-refractivity contribution in [1.29, 1.82) is 0 Å². The van der Waals surface area contributed by atoms with Crippen molar-refractivity contribution >= 4 is 16.3 Å². The highest BCUT2D eigenvalue weighted by Crippen LogP contribution is 2.30. The first kappa shape index (κ1) is 10.6. The Kier molecular flexibility index (Phi) is 2.96. The fourth-order valence-electron chi connectivity index (χ4n) is 2.76. The largest absolute Gasteiger partial charge is 0.0807 e. The summed E-state index contributed by atoms with van der Waals surface area (Å²) in [7, 11) is 0. The second kappa shape index (κ2) is 4.75. The van der Waals surface area contributed by atoms with Gasteiger partial charge in [-0.1, -0.05) is 55.0 Å². The minimum absolute atomic E-state index is 1.24. The van der Waals surface area contributed by atoms with E-state index in [-0.39, 0.29) is 0 Å². The summed E-state index contributed by atoms with van der Waals surface area (Å²) in [5.41, 5.74) is 3.00. The van der Waals surface area contributed by atoms with Crippen LogP contribution in [0.15, 0.2) is 48.5 Å². The van der Waals surface area contributed by atoms with Crippen molar-refractivity contribution in [3.8, 4) is 0 Å². The molecule has 0 saturated heterocycles. The van der Waals surface area contributed by atoms with E-state index in [0.717, 1.165) is 0 Å². The molecule has 0 N–H and O–H groups in total. The number of hydrogen-bond acceptors (Lipinski definition) is 0. The molecule has 0 unspecified atom stereocenters. The van der Waals surface area contributed by atoms with Crippen LogP contribution in [0.4, 0.5) is 0 Å². The SMILES string of the molecule is C1=C(c2cccc3ccccc23)CCCCC1. The van der Waals surface area contributed by atoms with Crippen LogP contribution in [0, 0.1) is 0 Å². The van der Waals surface area contributed by atoms with Gasteiger partial charge in [-0.15, -0.1) is 0 Å². The van der Waals surface area contributed by atoms with E-state index in [1.165, 1.54) is 48.4 Å². The maximum atomic E-state index is 2.45. The van der Waals surface area contributed by atoms with E-state index in [2.05, 4.69) is 48.5 Å². The Balaban J connectivity index is 2.13. The van der Waals surface area contributed by atoms with Gasteiger partial charge in [0.15, 0.2) is 0 Å². The topological polar surface area (TPSA) is 0 Å². The highest BCUT2D eigenvalue weighted by Gasteiger charge is 2.08. The molecular formula is C17H18. The molecule has 0 saturated carbocycles. The Labute approximate surface area is 103 Å². The van der Waals surface area contributed by atoms with Gasteiger partial charge < -0.3 is 0 Å². The summed E-state index contributed by atoms with van der Waals surface area (Å²) >= 11 is 0. The lowest BCUT2D eigenvalue weighted by atomic mass is 9.95. The summed E-state index contributed by atoms with van der Waals surface area (Å²) in [6.07, 6.45) is 9.02. The first-order chi connectivity index (χ1) is 8.45. The first-order valence-corrected chi connectivity index (χ1v) is 6.62. The third-order valence-corrected chi connectivity index (χ3v) is 3.68. The zero-order chi connectivity index (χ0) is 11.5. The molecule has 2 aromatic rings. The zero-order valence-electron chi connectivity index (χ0n) is 10.2. The Hall–Kier alpha value is -1.56. The smallest absolute Gasteiger partial charge is 0.0109 e. The van der Waals surface area contributed by atoms with Gasteiger partial charge in [0.05, 0.1) is 0 Å². The van der Waals surface area contributed by atoms with Gasteiger partial charge in [0.1, 0.15) is 0 Å². The van der Waals surface area contributed by atoms with Crippen LogP contribution in [0.25, 0.3) is 16.3 Å². The first-order valence-electron chi connectivity index (χ1n) is 6.62. The van der Waals surface area contributed by atoms with Gasteiger partial charge in [0.25, 0.3) is 0 Å². The van der Waals surface area contributed by atoms with Crippen molar-refractivity contribution < 1.29 is 0 Å². The van der Waals surface area contributed by atoms with E-state index in [9.17, 15) is 0 Å². The Morgan fingerprint density at radius 3 is 2.65 bits per heavy atom. The molecule has 0 nitrogen and oxygen atoms in total. The molecule has 3 rings (SSSR count). The van der Waals surface area contributed by atoms with Crippen LogP contribution >= 0.6 is 0 Å². The van der Waals surface area contributed by atoms with Crippen LogP contribution < -0.4 is 0 Å². The van der Waals surface area contributed by atoms with Crippen LogP contribution in [0.3, 0.4) is 0 Å². The molecule has 0 fully saturated rings. The average molecular weight is 222 g/mol. The minimum Gasteiger partial charge on any atom is -0.0807 e. The van der Waals surface area contributed by atoms with E-state index in [4.69, 9.17) is 0 Å². The van der Waals surface area contributed by atoms with Gasteiger partial charge in [0.2, 0.25) is 0 Å². The molecule has 1 aliphatic carbocycles. The summed E-state index contributed by atoms with van der Waals surface area (Å²) < 4.78 is 0. The van der Waals surface area contributed by atoms with Crippen molar-refractivity contribution in [3.63, 3.8) is 0 Å². The normalized spacial score (nSPS) is 16.6. The number of rotatable bonds is 1. The fourth-order valence-corrected chi connectivity index (χ4v) is 2.76. The van der Waals surface area contributed by atoms with E-state index in [1.54, 1.807) is 5.57 Å². The molecule has 0 aromatic heterocycles. The molecule has 0 radical (unpaired) electrons. The second-order valence-electron chi connectivity index (χ2n) is 4.86. The van der Waals surface area contributed by atoms with Gasteiger partial charge in [-0.25, -0.2) is 0 Å². The molecule has 1 aliphatic rings. The number of benzene rings is 2. The maximum Gasteiger partial charge on any atom is -0.0109 e. The average Bonchev–Trinajstić information content (AvgIpc) is 2.67. The van der Waals surface area contributed by atoms with Gasteiger partial charge >= 0.3 is 0 Å². The summed E-state index contributed by atoms with van der Waals surface area (Å²) in [5, 5.41) is 2.76. The minimum atomic E-state index is 1.24. The Morgan fingerprint density at radius 2 is 1.65 bits per heavy atom. The van der Waals surface area contributed by atoms with Crippen LogP contribution in [0.5, 0.6) is 0 Å². The van der Waals surface area contributed by atoms with Crippen molar-refractivity contribution in [1.82, 2.24) is 0 Å². The van der Waals surface area contributed by atoms with Gasteiger partial charge in [0, 0.05) is 0 Å². The Morgan fingerprint density at radius 1 is 0.765 bits per heavy atom. The number of allylic oxidation sites excluding steroid dienone is 2. The van der Waals surface area contributed by atoms with Crippen LogP contribution in [-0.4, -0.2) is 0 Å². The van der Waals surface area contributed by atoms with Crippen molar-refractivity contribution in [2.75, 3.05) is 0 Å². The third kappa shape index (κ3) is 2.12. The highest BCUT2D eigenvalue weighted by atomic mass is 14.1. The molecule has 0 bridgehead atoms. The van der Waals surface area contributed by atoms with Gasteiger partial charge in [-0.3, -0.25) is 0 Å². The molecule has 0 heteroatoms. The van der Waals surface area contributed by atoms with Crippen LogP contribution in [0.1, 0.15) is 37.7 Å². The number of fused-ring (bicyclic) bond motifs is 1. The fraction of sp³-hybridized carbons (Fsp3) is 0.294. The predicted octanol–water partition coefficient (Wildman–Crippen LogP) is 5.19. The van der Waals surface area contributed by atoms with Gasteiger partial charge in [-0.2, -0.15) is 0 Å². The summed E-state index contributed by atoms with van der Waals surface area (Å²) in [6, 6.07) is 15.4. The van der Waals surface area contributed by atoms with E-state index >= 15 is 0 Å². The molecule has 0 amide bonds. The van der Waals surface area contributed by atoms with E-state index < -0.39 is 0 Å². The molecule has 0 atom stereocenters. The second-order valence-corrected chi connectivity index (χ2v) is 4.86. The quantitative estimate of drug-likeness (QED) is 0.623. The molecule has 2 aromatic carbocycles. The lowest BCUT2D eigenvalue weighted by Crippen LogP contribution is -1.86. The molecule has 0 heterocycles. The monoisotopic (exact) mass is 222 g/mol. The molecule has 0 aliphatic heterocycles.